The van der Waals surface area contributed by atoms with Crippen molar-refractivity contribution >= 4 is 17.7 Å². The second kappa shape index (κ2) is 6.16. The molecule has 0 rings (SSSR count). The van der Waals surface area contributed by atoms with Crippen LogP contribution in [0.15, 0.2) is 0 Å². The van der Waals surface area contributed by atoms with E-state index in [1.165, 1.54) is 0 Å². The number of Topliss-reactive ketones (excluding diaryl/α,β-unsaturated/α-hetero) is 1. The normalized spacial score (nSPS) is 9.54. The Morgan fingerprint density at radius 3 is 1.77 bits per heavy atom. The minimum absolute atomic E-state index is 0.0846. The molecule has 5 heteroatoms. The summed E-state index contributed by atoms with van der Waals surface area (Å²) in [5.74, 6) is -2.73. The van der Waals surface area contributed by atoms with Crippen molar-refractivity contribution in [1.82, 2.24) is 0 Å². The molecule has 0 unspecified atom stereocenters. The van der Waals surface area contributed by atoms with Crippen LogP contribution in [0.25, 0.3) is 0 Å². The fraction of sp³-hybridized carbons (Fsp3) is 0.625. The van der Waals surface area contributed by atoms with Crippen LogP contribution in [0.1, 0.15) is 32.1 Å². The first-order valence-corrected chi connectivity index (χ1v) is 3.93. The van der Waals surface area contributed by atoms with Crippen molar-refractivity contribution in [3.63, 3.8) is 0 Å². The molecule has 0 aliphatic rings. The van der Waals surface area contributed by atoms with E-state index in [1.807, 2.05) is 0 Å². The second-order valence-corrected chi connectivity index (χ2v) is 2.64. The summed E-state index contributed by atoms with van der Waals surface area (Å²) in [6, 6.07) is 0. The van der Waals surface area contributed by atoms with E-state index < -0.39 is 11.9 Å². The highest BCUT2D eigenvalue weighted by Crippen LogP contribution is 2.00. The highest BCUT2D eigenvalue weighted by molar-refractivity contribution is 5.82. The minimum Gasteiger partial charge on any atom is -0.550 e. The lowest BCUT2D eigenvalue weighted by molar-refractivity contribution is -0.307. The van der Waals surface area contributed by atoms with E-state index in [4.69, 9.17) is 0 Å². The molecule has 0 heterocycles. The molecule has 5 nitrogen and oxygen atoms in total. The first-order valence-electron chi connectivity index (χ1n) is 3.93. The number of hydrogen-bond donors (Lipinski definition) is 0. The largest absolute Gasteiger partial charge is 0.550 e. The lowest BCUT2D eigenvalue weighted by Crippen LogP contribution is -2.23. The van der Waals surface area contributed by atoms with Gasteiger partial charge >= 0.3 is 0 Å². The van der Waals surface area contributed by atoms with Crippen LogP contribution < -0.4 is 10.2 Å². The zero-order chi connectivity index (χ0) is 10.3. The molecule has 0 bridgehead atoms. The van der Waals surface area contributed by atoms with Gasteiger partial charge in [-0.05, 0) is 19.3 Å². The average molecular weight is 186 g/mol. The van der Waals surface area contributed by atoms with Gasteiger partial charge in [-0.15, -0.1) is 0 Å². The molecule has 0 aromatic heterocycles. The van der Waals surface area contributed by atoms with Crippen molar-refractivity contribution in [3.05, 3.63) is 0 Å². The van der Waals surface area contributed by atoms with Crippen LogP contribution in [0.5, 0.6) is 0 Å². The summed E-state index contributed by atoms with van der Waals surface area (Å²) in [5, 5.41) is 19.8. The fourth-order valence-electron chi connectivity index (χ4n) is 0.796. The van der Waals surface area contributed by atoms with E-state index in [-0.39, 0.29) is 37.9 Å². The van der Waals surface area contributed by atoms with Gasteiger partial charge in [0.1, 0.15) is 5.78 Å². The molecule has 0 saturated carbocycles. The van der Waals surface area contributed by atoms with Crippen LogP contribution in [0, 0.1) is 0 Å². The lowest BCUT2D eigenvalue weighted by Gasteiger charge is -2.02. The summed E-state index contributed by atoms with van der Waals surface area (Å²) >= 11 is 0. The Bertz CT molecular complexity index is 209. The first-order chi connectivity index (χ1) is 6.02. The summed E-state index contributed by atoms with van der Waals surface area (Å²) in [4.78, 5) is 30.7. The molecule has 0 N–H and O–H groups in total. The number of hydrogen-bond acceptors (Lipinski definition) is 5. The molecular weight excluding hydrogens is 176 g/mol. The Balaban J connectivity index is 3.41. The SMILES string of the molecule is O=C([O-])CCCC(=O)CCC(=O)[O-]. The van der Waals surface area contributed by atoms with Crippen molar-refractivity contribution in [2.45, 2.75) is 32.1 Å². The third-order valence-corrected chi connectivity index (χ3v) is 1.44. The summed E-state index contributed by atoms with van der Waals surface area (Å²) in [6.07, 6.45) is -0.272. The quantitative estimate of drug-likeness (QED) is 0.458. The Kier molecular flexibility index (Phi) is 5.50. The number of carbonyl (C=O) groups excluding carboxylic acids is 3. The molecule has 0 spiro atoms. The number of aliphatic carboxylic acids is 2. The lowest BCUT2D eigenvalue weighted by atomic mass is 10.1. The van der Waals surface area contributed by atoms with Crippen molar-refractivity contribution < 1.29 is 24.6 Å². The maximum Gasteiger partial charge on any atom is 0.133 e. The van der Waals surface area contributed by atoms with E-state index in [0.29, 0.717) is 0 Å². The second-order valence-electron chi connectivity index (χ2n) is 2.64. The third kappa shape index (κ3) is 8.52. The summed E-state index contributed by atoms with van der Waals surface area (Å²) in [6.45, 7) is 0. The molecular formula is C8H10O5-2. The molecule has 0 saturated heterocycles. The Morgan fingerprint density at radius 1 is 0.769 bits per heavy atom. The number of carboxylic acid groups (broad SMARTS) is 2. The number of ketones is 1. The minimum atomic E-state index is -1.27. The molecule has 13 heavy (non-hydrogen) atoms. The van der Waals surface area contributed by atoms with Crippen LogP contribution >= 0.6 is 0 Å². The van der Waals surface area contributed by atoms with Gasteiger partial charge in [-0.3, -0.25) is 4.79 Å². The van der Waals surface area contributed by atoms with Gasteiger partial charge in [-0.25, -0.2) is 0 Å². The molecule has 0 amide bonds. The standard InChI is InChI=1S/C8H12O5/c9-6(4-5-8(12)13)2-1-3-7(10)11/h1-5H2,(H,10,11)(H,12,13)/p-2. The van der Waals surface area contributed by atoms with E-state index in [0.717, 1.165) is 0 Å². The van der Waals surface area contributed by atoms with Crippen LogP contribution in [0.3, 0.4) is 0 Å². The maximum atomic E-state index is 10.8. The van der Waals surface area contributed by atoms with Crippen LogP contribution in [0.4, 0.5) is 0 Å². The maximum absolute atomic E-state index is 10.8. The van der Waals surface area contributed by atoms with E-state index in [1.54, 1.807) is 0 Å². The molecule has 0 atom stereocenters. The highest BCUT2D eigenvalue weighted by Gasteiger charge is 2.01. The first kappa shape index (κ1) is 11.6. The van der Waals surface area contributed by atoms with Gasteiger partial charge in [0.05, 0.1) is 0 Å². The predicted octanol–water partition coefficient (Wildman–Crippen LogP) is -1.99. The van der Waals surface area contributed by atoms with Gasteiger partial charge in [0, 0.05) is 24.8 Å². The molecule has 0 aliphatic carbocycles. The van der Waals surface area contributed by atoms with Gasteiger partial charge in [0.15, 0.2) is 0 Å². The van der Waals surface area contributed by atoms with E-state index in [2.05, 4.69) is 0 Å². The molecule has 0 radical (unpaired) electrons. The molecule has 0 fully saturated rings. The van der Waals surface area contributed by atoms with Gasteiger partial charge in [0.2, 0.25) is 0 Å². The zero-order valence-electron chi connectivity index (χ0n) is 7.08. The number of carboxylic acids is 2. The van der Waals surface area contributed by atoms with E-state index >= 15 is 0 Å². The predicted molar refractivity (Wildman–Crippen MR) is 38.1 cm³/mol. The Hall–Kier alpha value is -1.39. The topological polar surface area (TPSA) is 97.3 Å². The van der Waals surface area contributed by atoms with Gasteiger partial charge < -0.3 is 19.8 Å². The van der Waals surface area contributed by atoms with Gasteiger partial charge in [0.25, 0.3) is 0 Å². The summed E-state index contributed by atoms with van der Waals surface area (Å²) in [5.41, 5.74) is 0. The number of carbonyl (C=O) groups is 3. The smallest absolute Gasteiger partial charge is 0.133 e. The van der Waals surface area contributed by atoms with Crippen LogP contribution in [-0.4, -0.2) is 17.7 Å². The van der Waals surface area contributed by atoms with Crippen LogP contribution in [-0.2, 0) is 14.4 Å². The number of rotatable bonds is 7. The summed E-state index contributed by atoms with van der Waals surface area (Å²) < 4.78 is 0. The Morgan fingerprint density at radius 2 is 1.31 bits per heavy atom. The Labute approximate surface area is 75.4 Å². The van der Waals surface area contributed by atoms with Crippen molar-refractivity contribution in [1.29, 1.82) is 0 Å². The average Bonchev–Trinajstić information content (AvgIpc) is 2.00. The van der Waals surface area contributed by atoms with Gasteiger partial charge in [-0.1, -0.05) is 0 Å². The van der Waals surface area contributed by atoms with Crippen molar-refractivity contribution in [3.8, 4) is 0 Å². The van der Waals surface area contributed by atoms with Gasteiger partial charge in [-0.2, -0.15) is 0 Å². The third-order valence-electron chi connectivity index (χ3n) is 1.44. The molecule has 0 aromatic rings. The molecule has 74 valence electrons. The summed E-state index contributed by atoms with van der Waals surface area (Å²) in [7, 11) is 0. The zero-order valence-corrected chi connectivity index (χ0v) is 7.08. The van der Waals surface area contributed by atoms with E-state index in [9.17, 15) is 24.6 Å². The molecule has 0 aliphatic heterocycles. The molecule has 0 aromatic carbocycles. The monoisotopic (exact) mass is 186 g/mol. The fourth-order valence-corrected chi connectivity index (χ4v) is 0.796. The van der Waals surface area contributed by atoms with Crippen LogP contribution in [0.2, 0.25) is 0 Å². The highest BCUT2D eigenvalue weighted by atomic mass is 16.4. The van der Waals surface area contributed by atoms with Crippen molar-refractivity contribution in [2.75, 3.05) is 0 Å². The van der Waals surface area contributed by atoms with Crippen molar-refractivity contribution in [2.24, 2.45) is 0 Å².